The van der Waals surface area contributed by atoms with Crippen LogP contribution in [0.25, 0.3) is 0 Å². The van der Waals surface area contributed by atoms with Crippen LogP contribution in [0.15, 0.2) is 0 Å². The van der Waals surface area contributed by atoms with Crippen LogP contribution in [0.3, 0.4) is 0 Å². The minimum Gasteiger partial charge on any atom is -0.481 e. The van der Waals surface area contributed by atoms with Crippen molar-refractivity contribution in [1.29, 1.82) is 0 Å². The molecule has 0 unspecified atom stereocenters. The number of urea groups is 1. The van der Waals surface area contributed by atoms with E-state index < -0.39 is 11.9 Å². The van der Waals surface area contributed by atoms with Gasteiger partial charge in [-0.1, -0.05) is 25.2 Å². The molecule has 1 fully saturated rings. The molecule has 1 aliphatic heterocycles. The van der Waals surface area contributed by atoms with Crippen molar-refractivity contribution >= 4 is 28.5 Å². The second-order valence-electron chi connectivity index (χ2n) is 5.65. The molecule has 2 heterocycles. The smallest absolute Gasteiger partial charge is 0.323 e. The zero-order valence-corrected chi connectivity index (χ0v) is 13.0. The van der Waals surface area contributed by atoms with Gasteiger partial charge in [0.2, 0.25) is 5.13 Å². The zero-order valence-electron chi connectivity index (χ0n) is 12.2. The second-order valence-corrected chi connectivity index (χ2v) is 6.71. The van der Waals surface area contributed by atoms with Gasteiger partial charge in [-0.15, -0.1) is 10.2 Å². The SMILES string of the molecule is CC(C)Cc1nnc(NC(=O)N2CCC[C@H](C(=O)O)C2)s1. The first-order valence-corrected chi connectivity index (χ1v) is 7.88. The van der Waals surface area contributed by atoms with Crippen LogP contribution in [0.5, 0.6) is 0 Å². The van der Waals surface area contributed by atoms with Crippen molar-refractivity contribution in [2.24, 2.45) is 11.8 Å². The van der Waals surface area contributed by atoms with Crippen LogP contribution in [0.4, 0.5) is 9.93 Å². The molecule has 2 rings (SSSR count). The Balaban J connectivity index is 1.91. The van der Waals surface area contributed by atoms with Crippen molar-refractivity contribution in [1.82, 2.24) is 15.1 Å². The van der Waals surface area contributed by atoms with Crippen molar-refractivity contribution < 1.29 is 14.7 Å². The Morgan fingerprint density at radius 1 is 1.48 bits per heavy atom. The van der Waals surface area contributed by atoms with Gasteiger partial charge in [0.1, 0.15) is 5.01 Å². The van der Waals surface area contributed by atoms with Gasteiger partial charge in [0.25, 0.3) is 0 Å². The minimum absolute atomic E-state index is 0.249. The summed E-state index contributed by atoms with van der Waals surface area (Å²) in [6, 6.07) is -0.298. The molecule has 1 aliphatic rings. The largest absolute Gasteiger partial charge is 0.481 e. The maximum Gasteiger partial charge on any atom is 0.323 e. The lowest BCUT2D eigenvalue weighted by atomic mass is 9.99. The first kappa shape index (κ1) is 15.7. The van der Waals surface area contributed by atoms with E-state index in [-0.39, 0.29) is 12.6 Å². The van der Waals surface area contributed by atoms with Gasteiger partial charge in [-0.3, -0.25) is 10.1 Å². The predicted octanol–water partition coefficient (Wildman–Crippen LogP) is 2.07. The summed E-state index contributed by atoms with van der Waals surface area (Å²) >= 11 is 1.36. The number of nitrogens with one attached hydrogen (secondary N) is 1. The molecule has 1 saturated heterocycles. The van der Waals surface area contributed by atoms with E-state index in [0.717, 1.165) is 11.4 Å². The van der Waals surface area contributed by atoms with Crippen LogP contribution in [-0.2, 0) is 11.2 Å². The van der Waals surface area contributed by atoms with E-state index in [2.05, 4.69) is 29.4 Å². The Kier molecular flexibility index (Phi) is 5.11. The first-order valence-electron chi connectivity index (χ1n) is 7.07. The van der Waals surface area contributed by atoms with Gasteiger partial charge in [-0.05, 0) is 18.8 Å². The summed E-state index contributed by atoms with van der Waals surface area (Å²) in [6.07, 6.45) is 2.16. The summed E-state index contributed by atoms with van der Waals surface area (Å²) in [5.74, 6) is -0.835. The normalized spacial score (nSPS) is 18.8. The van der Waals surface area contributed by atoms with E-state index >= 15 is 0 Å². The second kappa shape index (κ2) is 6.84. The Morgan fingerprint density at radius 2 is 2.24 bits per heavy atom. The van der Waals surface area contributed by atoms with Crippen molar-refractivity contribution in [3.8, 4) is 0 Å². The molecular weight excluding hydrogens is 292 g/mol. The lowest BCUT2D eigenvalue weighted by Gasteiger charge is -2.30. The number of nitrogens with zero attached hydrogens (tertiary/aromatic N) is 3. The van der Waals surface area contributed by atoms with Crippen LogP contribution < -0.4 is 5.32 Å². The Labute approximate surface area is 127 Å². The van der Waals surface area contributed by atoms with E-state index in [9.17, 15) is 9.59 Å². The van der Waals surface area contributed by atoms with Gasteiger partial charge >= 0.3 is 12.0 Å². The number of carbonyl (C=O) groups is 2. The number of carboxylic acid groups (broad SMARTS) is 1. The number of anilines is 1. The quantitative estimate of drug-likeness (QED) is 0.887. The number of likely N-dealkylation sites (tertiary alicyclic amines) is 1. The molecule has 1 aromatic heterocycles. The van der Waals surface area contributed by atoms with Crippen LogP contribution in [0, 0.1) is 11.8 Å². The minimum atomic E-state index is -0.845. The van der Waals surface area contributed by atoms with Crippen molar-refractivity contribution in [3.05, 3.63) is 5.01 Å². The number of amides is 2. The van der Waals surface area contributed by atoms with Crippen LogP contribution >= 0.6 is 11.3 Å². The molecule has 0 aromatic carbocycles. The first-order chi connectivity index (χ1) is 9.95. The molecule has 7 nitrogen and oxygen atoms in total. The number of hydrogen-bond acceptors (Lipinski definition) is 5. The molecule has 1 aromatic rings. The summed E-state index contributed by atoms with van der Waals surface area (Å²) in [6.45, 7) is 5.02. The fraction of sp³-hybridized carbons (Fsp3) is 0.692. The standard InChI is InChI=1S/C13H20N4O3S/c1-8(2)6-10-15-16-12(21-10)14-13(20)17-5-3-4-9(7-17)11(18)19/h8-9H,3-7H2,1-2H3,(H,18,19)(H,14,16,20)/t9-/m0/s1. The Morgan fingerprint density at radius 3 is 2.90 bits per heavy atom. The fourth-order valence-corrected chi connectivity index (χ4v) is 3.21. The number of aromatic nitrogens is 2. The maximum absolute atomic E-state index is 12.1. The van der Waals surface area contributed by atoms with E-state index in [1.165, 1.54) is 16.2 Å². The van der Waals surface area contributed by atoms with E-state index in [1.807, 2.05) is 0 Å². The topological polar surface area (TPSA) is 95.4 Å². The number of piperidine rings is 1. The number of carboxylic acids is 1. The highest BCUT2D eigenvalue weighted by molar-refractivity contribution is 7.15. The molecule has 2 N–H and O–H groups in total. The monoisotopic (exact) mass is 312 g/mol. The van der Waals surface area contributed by atoms with Crippen molar-refractivity contribution in [2.45, 2.75) is 33.1 Å². The van der Waals surface area contributed by atoms with Crippen molar-refractivity contribution in [3.63, 3.8) is 0 Å². The maximum atomic E-state index is 12.1. The summed E-state index contributed by atoms with van der Waals surface area (Å²) in [4.78, 5) is 24.7. The number of hydrogen-bond donors (Lipinski definition) is 2. The predicted molar refractivity (Wildman–Crippen MR) is 79.4 cm³/mol. The van der Waals surface area contributed by atoms with Gasteiger partial charge in [-0.2, -0.15) is 0 Å². The molecule has 0 aliphatic carbocycles. The third kappa shape index (κ3) is 4.38. The van der Waals surface area contributed by atoms with E-state index in [0.29, 0.717) is 30.4 Å². The average molecular weight is 312 g/mol. The van der Waals surface area contributed by atoms with Crippen LogP contribution in [0.1, 0.15) is 31.7 Å². The molecule has 116 valence electrons. The summed E-state index contributed by atoms with van der Waals surface area (Å²) < 4.78 is 0. The van der Waals surface area contributed by atoms with Crippen molar-refractivity contribution in [2.75, 3.05) is 18.4 Å². The summed E-state index contributed by atoms with van der Waals surface area (Å²) in [7, 11) is 0. The molecule has 2 amide bonds. The highest BCUT2D eigenvalue weighted by Crippen LogP contribution is 2.21. The number of aliphatic carboxylic acids is 1. The third-order valence-electron chi connectivity index (χ3n) is 3.32. The molecule has 1 atom stereocenters. The Bertz CT molecular complexity index is 517. The zero-order chi connectivity index (χ0) is 15.4. The molecule has 0 bridgehead atoms. The third-order valence-corrected chi connectivity index (χ3v) is 4.18. The molecule has 0 radical (unpaired) electrons. The highest BCUT2D eigenvalue weighted by Gasteiger charge is 2.28. The van der Waals surface area contributed by atoms with E-state index in [4.69, 9.17) is 5.11 Å². The molecule has 8 heteroatoms. The van der Waals surface area contributed by atoms with Gasteiger partial charge < -0.3 is 10.0 Å². The summed E-state index contributed by atoms with van der Waals surface area (Å²) in [5.41, 5.74) is 0. The molecule has 0 spiro atoms. The van der Waals surface area contributed by atoms with Gasteiger partial charge in [0.05, 0.1) is 5.92 Å². The molecule has 21 heavy (non-hydrogen) atoms. The van der Waals surface area contributed by atoms with Crippen LogP contribution in [-0.4, -0.2) is 45.3 Å². The number of carbonyl (C=O) groups excluding carboxylic acids is 1. The lowest BCUT2D eigenvalue weighted by molar-refractivity contribution is -0.143. The van der Waals surface area contributed by atoms with Crippen LogP contribution in [0.2, 0.25) is 0 Å². The van der Waals surface area contributed by atoms with E-state index in [1.54, 1.807) is 0 Å². The number of rotatable bonds is 4. The van der Waals surface area contributed by atoms with Gasteiger partial charge in [0.15, 0.2) is 0 Å². The summed E-state index contributed by atoms with van der Waals surface area (Å²) in [5, 5.41) is 21.1. The lowest BCUT2D eigenvalue weighted by Crippen LogP contribution is -2.44. The fourth-order valence-electron chi connectivity index (χ4n) is 2.27. The average Bonchev–Trinajstić information content (AvgIpc) is 2.85. The van der Waals surface area contributed by atoms with Gasteiger partial charge in [0, 0.05) is 19.5 Å². The molecule has 0 saturated carbocycles. The molecular formula is C13H20N4O3S. The Hall–Kier alpha value is -1.70. The highest BCUT2D eigenvalue weighted by atomic mass is 32.1. The van der Waals surface area contributed by atoms with Gasteiger partial charge in [-0.25, -0.2) is 4.79 Å².